The molecule has 0 atom stereocenters. The molecule has 1 nitrogen and oxygen atoms in total. The summed E-state index contributed by atoms with van der Waals surface area (Å²) in [5.41, 5.74) is 2.79. The Morgan fingerprint density at radius 3 is 2.36 bits per heavy atom. The van der Waals surface area contributed by atoms with Crippen LogP contribution in [-0.2, 0) is 12.8 Å². The summed E-state index contributed by atoms with van der Waals surface area (Å²) in [5.74, 6) is 0. The Morgan fingerprint density at radius 2 is 1.79 bits per heavy atom. The van der Waals surface area contributed by atoms with Crippen molar-refractivity contribution in [2.24, 2.45) is 5.41 Å². The number of hydrogen-bond donors (Lipinski definition) is 0. The molecule has 0 aliphatic rings. The summed E-state index contributed by atoms with van der Waals surface area (Å²) in [4.78, 5) is 4.65. The largest absolute Gasteiger partial charge is 0.258 e. The van der Waals surface area contributed by atoms with Crippen molar-refractivity contribution in [2.75, 3.05) is 0 Å². The zero-order valence-electron chi connectivity index (χ0n) is 9.80. The third kappa shape index (κ3) is 3.91. The first kappa shape index (κ1) is 11.2. The maximum absolute atomic E-state index is 4.65. The van der Waals surface area contributed by atoms with Crippen LogP contribution in [0, 0.1) is 5.41 Å². The van der Waals surface area contributed by atoms with Crippen LogP contribution in [-0.4, -0.2) is 4.98 Å². The molecule has 1 aromatic heterocycles. The van der Waals surface area contributed by atoms with E-state index >= 15 is 0 Å². The first-order valence-corrected chi connectivity index (χ1v) is 5.46. The second kappa shape index (κ2) is 4.59. The van der Waals surface area contributed by atoms with Crippen LogP contribution in [0.1, 0.15) is 45.5 Å². The fraction of sp³-hybridized carbons (Fsp3) is 0.615. The number of rotatable bonds is 3. The average molecular weight is 191 g/mol. The van der Waals surface area contributed by atoms with Crippen LogP contribution >= 0.6 is 0 Å². The van der Waals surface area contributed by atoms with E-state index in [4.69, 9.17) is 0 Å². The van der Waals surface area contributed by atoms with Crippen molar-refractivity contribution in [3.63, 3.8) is 0 Å². The Bertz CT molecular complexity index is 284. The quantitative estimate of drug-likeness (QED) is 0.711. The minimum absolute atomic E-state index is 0.331. The lowest BCUT2D eigenvalue weighted by molar-refractivity contribution is 0.406. The highest BCUT2D eigenvalue weighted by Gasteiger charge is 2.12. The van der Waals surface area contributed by atoms with Crippen molar-refractivity contribution in [3.8, 4) is 0 Å². The molecule has 0 saturated carbocycles. The minimum atomic E-state index is 0.331. The summed E-state index contributed by atoms with van der Waals surface area (Å²) in [7, 11) is 0. The number of pyridine rings is 1. The van der Waals surface area contributed by atoms with E-state index < -0.39 is 0 Å². The van der Waals surface area contributed by atoms with E-state index in [0.717, 1.165) is 12.8 Å². The lowest BCUT2D eigenvalue weighted by atomic mass is 9.90. The van der Waals surface area contributed by atoms with Crippen LogP contribution in [0.15, 0.2) is 18.2 Å². The van der Waals surface area contributed by atoms with E-state index in [1.54, 1.807) is 0 Å². The van der Waals surface area contributed by atoms with Crippen LogP contribution in [0.4, 0.5) is 0 Å². The molecule has 0 aliphatic carbocycles. The normalized spacial score (nSPS) is 11.7. The lowest BCUT2D eigenvalue weighted by Crippen LogP contribution is -2.11. The Kier molecular flexibility index (Phi) is 3.68. The molecule has 0 spiro atoms. The standard InChI is InChI=1S/C13H21N/c1-5-7-11-8-6-9-12(14-11)10-13(2,3)4/h6,8-9H,5,7,10H2,1-4H3. The van der Waals surface area contributed by atoms with Gasteiger partial charge < -0.3 is 0 Å². The van der Waals surface area contributed by atoms with Gasteiger partial charge in [0.05, 0.1) is 0 Å². The fourth-order valence-corrected chi connectivity index (χ4v) is 1.57. The van der Waals surface area contributed by atoms with Crippen LogP contribution in [0.2, 0.25) is 0 Å². The topological polar surface area (TPSA) is 12.9 Å². The van der Waals surface area contributed by atoms with Crippen molar-refractivity contribution in [1.82, 2.24) is 4.98 Å². The van der Waals surface area contributed by atoms with Crippen molar-refractivity contribution in [3.05, 3.63) is 29.6 Å². The number of hydrogen-bond acceptors (Lipinski definition) is 1. The van der Waals surface area contributed by atoms with E-state index in [-0.39, 0.29) is 0 Å². The predicted octanol–water partition coefficient (Wildman–Crippen LogP) is 3.62. The van der Waals surface area contributed by atoms with E-state index in [9.17, 15) is 0 Å². The highest BCUT2D eigenvalue weighted by Crippen LogP contribution is 2.19. The average Bonchev–Trinajstić information content (AvgIpc) is 2.02. The Balaban J connectivity index is 2.73. The van der Waals surface area contributed by atoms with Gasteiger partial charge in [0.15, 0.2) is 0 Å². The van der Waals surface area contributed by atoms with Gasteiger partial charge >= 0.3 is 0 Å². The third-order valence-corrected chi connectivity index (χ3v) is 2.08. The number of aromatic nitrogens is 1. The maximum Gasteiger partial charge on any atom is 0.0412 e. The summed E-state index contributed by atoms with van der Waals surface area (Å²) in [5, 5.41) is 0. The third-order valence-electron chi connectivity index (χ3n) is 2.08. The van der Waals surface area contributed by atoms with Gasteiger partial charge in [0.1, 0.15) is 0 Å². The Labute approximate surface area is 87.6 Å². The molecule has 0 aromatic carbocycles. The monoisotopic (exact) mass is 191 g/mol. The number of nitrogens with zero attached hydrogens (tertiary/aromatic N) is 1. The molecule has 0 amide bonds. The van der Waals surface area contributed by atoms with Crippen LogP contribution in [0.3, 0.4) is 0 Å². The first-order valence-electron chi connectivity index (χ1n) is 5.46. The molecule has 78 valence electrons. The van der Waals surface area contributed by atoms with Gasteiger partial charge in [-0.05, 0) is 30.4 Å². The van der Waals surface area contributed by atoms with Crippen molar-refractivity contribution in [2.45, 2.75) is 47.0 Å². The van der Waals surface area contributed by atoms with Gasteiger partial charge in [-0.25, -0.2) is 0 Å². The van der Waals surface area contributed by atoms with Gasteiger partial charge in [-0.15, -0.1) is 0 Å². The SMILES string of the molecule is CCCc1cccc(CC(C)(C)C)n1. The second-order valence-electron chi connectivity index (χ2n) is 5.11. The van der Waals surface area contributed by atoms with Gasteiger partial charge in [0.2, 0.25) is 0 Å². The molecular formula is C13H21N. The fourth-order valence-electron chi connectivity index (χ4n) is 1.57. The predicted molar refractivity (Wildman–Crippen MR) is 61.4 cm³/mol. The molecule has 0 unspecified atom stereocenters. The number of aryl methyl sites for hydroxylation is 1. The minimum Gasteiger partial charge on any atom is -0.258 e. The molecule has 1 heteroatoms. The molecule has 1 heterocycles. The second-order valence-corrected chi connectivity index (χ2v) is 5.11. The van der Waals surface area contributed by atoms with Gasteiger partial charge in [-0.3, -0.25) is 4.98 Å². The first-order chi connectivity index (χ1) is 6.51. The van der Waals surface area contributed by atoms with Gasteiger partial charge in [0, 0.05) is 11.4 Å². The highest BCUT2D eigenvalue weighted by atomic mass is 14.7. The zero-order valence-corrected chi connectivity index (χ0v) is 9.80. The summed E-state index contributed by atoms with van der Waals surface area (Å²) in [6, 6.07) is 6.37. The van der Waals surface area contributed by atoms with Gasteiger partial charge in [-0.2, -0.15) is 0 Å². The summed E-state index contributed by atoms with van der Waals surface area (Å²) in [6.45, 7) is 8.95. The molecule has 0 aliphatic heterocycles. The Hall–Kier alpha value is -0.850. The molecule has 0 fully saturated rings. The van der Waals surface area contributed by atoms with Gasteiger partial charge in [0.25, 0.3) is 0 Å². The van der Waals surface area contributed by atoms with Crippen molar-refractivity contribution < 1.29 is 0 Å². The van der Waals surface area contributed by atoms with Crippen LogP contribution < -0.4 is 0 Å². The van der Waals surface area contributed by atoms with E-state index in [1.807, 2.05) is 0 Å². The van der Waals surface area contributed by atoms with Crippen LogP contribution in [0.25, 0.3) is 0 Å². The maximum atomic E-state index is 4.65. The molecular weight excluding hydrogens is 170 g/mol. The summed E-state index contributed by atoms with van der Waals surface area (Å²) in [6.07, 6.45) is 3.33. The summed E-state index contributed by atoms with van der Waals surface area (Å²) < 4.78 is 0. The van der Waals surface area contributed by atoms with E-state index in [2.05, 4.69) is 50.9 Å². The van der Waals surface area contributed by atoms with E-state index in [1.165, 1.54) is 17.8 Å². The van der Waals surface area contributed by atoms with Crippen LogP contribution in [0.5, 0.6) is 0 Å². The molecule has 1 rings (SSSR count). The highest BCUT2D eigenvalue weighted by molar-refractivity contribution is 5.12. The molecule has 0 saturated heterocycles. The zero-order chi connectivity index (χ0) is 10.6. The lowest BCUT2D eigenvalue weighted by Gasteiger charge is -2.17. The van der Waals surface area contributed by atoms with Crippen molar-refractivity contribution in [1.29, 1.82) is 0 Å². The molecule has 0 radical (unpaired) electrons. The van der Waals surface area contributed by atoms with Crippen molar-refractivity contribution >= 4 is 0 Å². The summed E-state index contributed by atoms with van der Waals surface area (Å²) >= 11 is 0. The molecule has 0 N–H and O–H groups in total. The molecule has 0 bridgehead atoms. The smallest absolute Gasteiger partial charge is 0.0412 e. The van der Waals surface area contributed by atoms with E-state index in [0.29, 0.717) is 5.41 Å². The molecule has 14 heavy (non-hydrogen) atoms. The Morgan fingerprint density at radius 1 is 1.14 bits per heavy atom. The molecule has 1 aromatic rings. The van der Waals surface area contributed by atoms with Gasteiger partial charge in [-0.1, -0.05) is 40.2 Å².